The van der Waals surface area contributed by atoms with Gasteiger partial charge in [0.1, 0.15) is 5.75 Å². The van der Waals surface area contributed by atoms with Gasteiger partial charge in [0.2, 0.25) is 5.88 Å². The molecule has 2 rings (SSSR count). The summed E-state index contributed by atoms with van der Waals surface area (Å²) in [5.74, 6) is -0.698. The van der Waals surface area contributed by atoms with Crippen molar-refractivity contribution in [2.75, 3.05) is 0 Å². The summed E-state index contributed by atoms with van der Waals surface area (Å²) in [6, 6.07) is 6.85. The van der Waals surface area contributed by atoms with E-state index in [1.54, 1.807) is 24.3 Å². The third-order valence-corrected chi connectivity index (χ3v) is 2.19. The topological polar surface area (TPSA) is 92.5 Å². The Morgan fingerprint density at radius 2 is 2.06 bits per heavy atom. The van der Waals surface area contributed by atoms with E-state index in [0.29, 0.717) is 11.3 Å². The number of aromatic carboxylic acids is 1. The van der Waals surface area contributed by atoms with Crippen molar-refractivity contribution in [2.45, 2.75) is 6.61 Å². The number of aliphatic hydroxyl groups is 1. The van der Waals surface area contributed by atoms with Crippen LogP contribution in [0.2, 0.25) is 0 Å². The first-order valence-electron chi connectivity index (χ1n) is 5.12. The monoisotopic (exact) mass is 246 g/mol. The van der Waals surface area contributed by atoms with E-state index in [4.69, 9.17) is 14.9 Å². The molecule has 0 saturated carbocycles. The maximum Gasteiger partial charge on any atom is 0.356 e. The van der Waals surface area contributed by atoms with Gasteiger partial charge >= 0.3 is 5.97 Å². The molecule has 6 heteroatoms. The lowest BCUT2D eigenvalue weighted by Gasteiger charge is -2.08. The van der Waals surface area contributed by atoms with Crippen molar-refractivity contribution in [3.8, 4) is 11.6 Å². The number of hydrogen-bond acceptors (Lipinski definition) is 5. The average molecular weight is 246 g/mol. The third kappa shape index (κ3) is 2.61. The van der Waals surface area contributed by atoms with Gasteiger partial charge in [-0.3, -0.25) is 4.98 Å². The molecule has 0 fully saturated rings. The summed E-state index contributed by atoms with van der Waals surface area (Å²) >= 11 is 0. The highest BCUT2D eigenvalue weighted by molar-refractivity contribution is 5.84. The molecule has 0 aliphatic heterocycles. The number of para-hydroxylation sites is 1. The van der Waals surface area contributed by atoms with Crippen molar-refractivity contribution in [3.05, 3.63) is 47.9 Å². The van der Waals surface area contributed by atoms with Gasteiger partial charge < -0.3 is 14.9 Å². The fraction of sp³-hybridized carbons (Fsp3) is 0.0833. The minimum absolute atomic E-state index is 0.0656. The highest BCUT2D eigenvalue weighted by Crippen LogP contribution is 2.23. The quantitative estimate of drug-likeness (QED) is 0.848. The number of aliphatic hydroxyl groups excluding tert-OH is 1. The average Bonchev–Trinajstić information content (AvgIpc) is 2.39. The number of carboxylic acids is 1. The van der Waals surface area contributed by atoms with Crippen molar-refractivity contribution in [3.63, 3.8) is 0 Å². The van der Waals surface area contributed by atoms with Crippen LogP contribution in [-0.4, -0.2) is 26.2 Å². The maximum atomic E-state index is 10.7. The minimum atomic E-state index is -1.18. The first-order chi connectivity index (χ1) is 8.70. The zero-order valence-electron chi connectivity index (χ0n) is 9.28. The Morgan fingerprint density at radius 1 is 1.28 bits per heavy atom. The molecule has 0 amide bonds. The fourth-order valence-electron chi connectivity index (χ4n) is 1.35. The smallest absolute Gasteiger partial charge is 0.356 e. The number of rotatable bonds is 4. The second kappa shape index (κ2) is 5.24. The van der Waals surface area contributed by atoms with Crippen molar-refractivity contribution >= 4 is 5.97 Å². The van der Waals surface area contributed by atoms with Crippen LogP contribution in [0.4, 0.5) is 0 Å². The Balaban J connectivity index is 2.28. The molecule has 0 aliphatic carbocycles. The highest BCUT2D eigenvalue weighted by Gasteiger charge is 2.09. The second-order valence-corrected chi connectivity index (χ2v) is 3.42. The summed E-state index contributed by atoms with van der Waals surface area (Å²) in [4.78, 5) is 18.2. The van der Waals surface area contributed by atoms with Crippen molar-refractivity contribution in [1.29, 1.82) is 0 Å². The third-order valence-electron chi connectivity index (χ3n) is 2.19. The van der Waals surface area contributed by atoms with E-state index in [9.17, 15) is 4.79 Å². The summed E-state index contributed by atoms with van der Waals surface area (Å²) in [5.41, 5.74) is 0.383. The largest absolute Gasteiger partial charge is 0.476 e. The Labute approximate surface area is 103 Å². The van der Waals surface area contributed by atoms with Crippen LogP contribution in [0, 0.1) is 0 Å². The van der Waals surface area contributed by atoms with Crippen LogP contribution < -0.4 is 4.74 Å². The summed E-state index contributed by atoms with van der Waals surface area (Å²) in [7, 11) is 0. The number of carboxylic acid groups (broad SMARTS) is 1. The normalized spacial score (nSPS) is 10.1. The molecule has 2 N–H and O–H groups in total. The van der Waals surface area contributed by atoms with Gasteiger partial charge in [-0.2, -0.15) is 0 Å². The second-order valence-electron chi connectivity index (χ2n) is 3.42. The molecular weight excluding hydrogens is 236 g/mol. The molecule has 0 spiro atoms. The predicted molar refractivity (Wildman–Crippen MR) is 61.4 cm³/mol. The Morgan fingerprint density at radius 3 is 2.78 bits per heavy atom. The molecule has 92 valence electrons. The lowest BCUT2D eigenvalue weighted by molar-refractivity contribution is 0.0689. The molecular formula is C12H10N2O4. The standard InChI is InChI=1S/C12H10N2O4/c15-7-8-3-1-2-4-10(8)18-11-6-13-5-9(14-11)12(16)17/h1-6,15H,7H2,(H,16,17). The Bertz CT molecular complexity index is 572. The molecule has 0 radical (unpaired) electrons. The molecule has 6 nitrogen and oxygen atoms in total. The zero-order chi connectivity index (χ0) is 13.0. The van der Waals surface area contributed by atoms with Crippen molar-refractivity contribution in [1.82, 2.24) is 9.97 Å². The van der Waals surface area contributed by atoms with E-state index in [-0.39, 0.29) is 18.2 Å². The molecule has 0 aliphatic rings. The van der Waals surface area contributed by atoms with Gasteiger partial charge in [-0.05, 0) is 6.07 Å². The van der Waals surface area contributed by atoms with Gasteiger partial charge in [0, 0.05) is 5.56 Å². The Hall–Kier alpha value is -2.47. The molecule has 1 aromatic carbocycles. The van der Waals surface area contributed by atoms with Crippen LogP contribution in [0.25, 0.3) is 0 Å². The predicted octanol–water partition coefficient (Wildman–Crippen LogP) is 1.46. The summed E-state index contributed by atoms with van der Waals surface area (Å²) in [5, 5.41) is 17.9. The van der Waals surface area contributed by atoms with Gasteiger partial charge in [-0.25, -0.2) is 9.78 Å². The van der Waals surface area contributed by atoms with Crippen LogP contribution in [-0.2, 0) is 6.61 Å². The minimum Gasteiger partial charge on any atom is -0.476 e. The van der Waals surface area contributed by atoms with E-state index in [1.165, 1.54) is 6.20 Å². The first kappa shape index (κ1) is 12.0. The fourth-order valence-corrected chi connectivity index (χ4v) is 1.35. The van der Waals surface area contributed by atoms with Crippen LogP contribution in [0.15, 0.2) is 36.7 Å². The molecule has 0 atom stereocenters. The highest BCUT2D eigenvalue weighted by atomic mass is 16.5. The molecule has 18 heavy (non-hydrogen) atoms. The van der Waals surface area contributed by atoms with Crippen molar-refractivity contribution < 1.29 is 19.7 Å². The number of benzene rings is 1. The molecule has 1 aromatic heterocycles. The van der Waals surface area contributed by atoms with Crippen LogP contribution in [0.5, 0.6) is 11.6 Å². The van der Waals surface area contributed by atoms with E-state index < -0.39 is 5.97 Å². The van der Waals surface area contributed by atoms with Crippen LogP contribution in [0.3, 0.4) is 0 Å². The van der Waals surface area contributed by atoms with Gasteiger partial charge in [-0.1, -0.05) is 18.2 Å². The molecule has 0 unspecified atom stereocenters. The first-order valence-corrected chi connectivity index (χ1v) is 5.12. The Kier molecular flexibility index (Phi) is 3.49. The molecule has 0 saturated heterocycles. The number of hydrogen-bond donors (Lipinski definition) is 2. The molecule has 1 heterocycles. The number of nitrogens with zero attached hydrogens (tertiary/aromatic N) is 2. The van der Waals surface area contributed by atoms with E-state index in [1.807, 2.05) is 0 Å². The summed E-state index contributed by atoms with van der Waals surface area (Å²) in [6.07, 6.45) is 2.44. The van der Waals surface area contributed by atoms with Gasteiger partial charge in [0.15, 0.2) is 5.69 Å². The van der Waals surface area contributed by atoms with Crippen LogP contribution >= 0.6 is 0 Å². The number of carbonyl (C=O) groups is 1. The maximum absolute atomic E-state index is 10.7. The van der Waals surface area contributed by atoms with E-state index in [2.05, 4.69) is 9.97 Å². The van der Waals surface area contributed by atoms with E-state index >= 15 is 0 Å². The summed E-state index contributed by atoms with van der Waals surface area (Å²) in [6.45, 7) is -0.178. The summed E-state index contributed by atoms with van der Waals surface area (Å²) < 4.78 is 5.39. The van der Waals surface area contributed by atoms with E-state index in [0.717, 1.165) is 6.20 Å². The van der Waals surface area contributed by atoms with Crippen molar-refractivity contribution in [2.24, 2.45) is 0 Å². The lowest BCUT2D eigenvalue weighted by Crippen LogP contribution is -2.02. The number of aromatic nitrogens is 2. The molecule has 2 aromatic rings. The van der Waals surface area contributed by atoms with Gasteiger partial charge in [0.25, 0.3) is 0 Å². The SMILES string of the molecule is O=C(O)c1cncc(Oc2ccccc2CO)n1. The van der Waals surface area contributed by atoms with Gasteiger partial charge in [-0.15, -0.1) is 0 Å². The lowest BCUT2D eigenvalue weighted by atomic mass is 10.2. The van der Waals surface area contributed by atoms with Crippen LogP contribution in [0.1, 0.15) is 16.1 Å². The molecule has 0 bridgehead atoms. The number of ether oxygens (including phenoxy) is 1. The zero-order valence-corrected chi connectivity index (χ0v) is 9.28. The van der Waals surface area contributed by atoms with Gasteiger partial charge in [0.05, 0.1) is 19.0 Å².